The number of halogens is 1. The third kappa shape index (κ3) is 4.50. The molecule has 0 aliphatic carbocycles. The third-order valence-electron chi connectivity index (χ3n) is 4.67. The summed E-state index contributed by atoms with van der Waals surface area (Å²) in [7, 11) is 0. The molecule has 0 spiro atoms. The first-order chi connectivity index (χ1) is 13.1. The summed E-state index contributed by atoms with van der Waals surface area (Å²) in [6.07, 6.45) is 0.186. The zero-order valence-electron chi connectivity index (χ0n) is 16.2. The van der Waals surface area contributed by atoms with Crippen molar-refractivity contribution in [3.8, 4) is 0 Å². The molecule has 2 aromatic rings. The fourth-order valence-electron chi connectivity index (χ4n) is 3.44. The van der Waals surface area contributed by atoms with Gasteiger partial charge in [-0.2, -0.15) is 0 Å². The number of ether oxygens (including phenoxy) is 1. The van der Waals surface area contributed by atoms with Gasteiger partial charge in [0.05, 0.1) is 12.1 Å². The zero-order chi connectivity index (χ0) is 20.5. The number of carbonyl (C=O) groups excluding carboxylic acids is 1. The van der Waals surface area contributed by atoms with Gasteiger partial charge in [-0.1, -0.05) is 24.3 Å². The minimum Gasteiger partial charge on any atom is -0.481 e. The van der Waals surface area contributed by atoms with E-state index in [4.69, 9.17) is 4.74 Å². The van der Waals surface area contributed by atoms with Crippen LogP contribution in [-0.4, -0.2) is 29.3 Å². The second kappa shape index (κ2) is 7.62. The van der Waals surface area contributed by atoms with Crippen molar-refractivity contribution < 1.29 is 23.8 Å². The molecule has 1 amide bonds. The Labute approximate surface area is 163 Å². The molecule has 1 atom stereocenters. The van der Waals surface area contributed by atoms with E-state index >= 15 is 0 Å². The molecule has 0 fully saturated rings. The van der Waals surface area contributed by atoms with Gasteiger partial charge in [0.1, 0.15) is 11.4 Å². The number of amides is 1. The Hall–Kier alpha value is -2.89. The van der Waals surface area contributed by atoms with Crippen molar-refractivity contribution in [2.45, 2.75) is 45.1 Å². The van der Waals surface area contributed by atoms with Gasteiger partial charge in [0.25, 0.3) is 0 Å². The topological polar surface area (TPSA) is 66.8 Å². The van der Waals surface area contributed by atoms with Gasteiger partial charge in [-0.15, -0.1) is 0 Å². The number of nitrogens with zero attached hydrogens (tertiary/aromatic N) is 1. The third-order valence-corrected chi connectivity index (χ3v) is 4.67. The van der Waals surface area contributed by atoms with Crippen LogP contribution in [-0.2, 0) is 16.0 Å². The molecule has 148 valence electrons. The maximum atomic E-state index is 13.3. The highest BCUT2D eigenvalue weighted by Crippen LogP contribution is 2.35. The largest absolute Gasteiger partial charge is 0.481 e. The summed E-state index contributed by atoms with van der Waals surface area (Å²) in [6, 6.07) is 11.5. The molecular formula is C22H24FNO4. The number of hydrogen-bond donors (Lipinski definition) is 1. The minimum atomic E-state index is -0.926. The van der Waals surface area contributed by atoms with E-state index in [2.05, 4.69) is 0 Å². The Balaban J connectivity index is 1.90. The van der Waals surface area contributed by atoms with Crippen molar-refractivity contribution >= 4 is 17.7 Å². The first-order valence-corrected chi connectivity index (χ1v) is 9.24. The summed E-state index contributed by atoms with van der Waals surface area (Å²) in [5.41, 5.74) is 2.76. The highest BCUT2D eigenvalue weighted by Gasteiger charge is 2.30. The van der Waals surface area contributed by atoms with Gasteiger partial charge in [0.2, 0.25) is 0 Å². The Morgan fingerprint density at radius 2 is 1.79 bits per heavy atom. The smallest absolute Gasteiger partial charge is 0.414 e. The van der Waals surface area contributed by atoms with Crippen LogP contribution in [0, 0.1) is 5.82 Å². The van der Waals surface area contributed by atoms with Crippen LogP contribution in [0.5, 0.6) is 0 Å². The second-order valence-corrected chi connectivity index (χ2v) is 7.97. The Bertz CT molecular complexity index is 886. The number of anilines is 1. The van der Waals surface area contributed by atoms with E-state index in [1.54, 1.807) is 17.0 Å². The van der Waals surface area contributed by atoms with Crippen LogP contribution in [0.1, 0.15) is 49.8 Å². The van der Waals surface area contributed by atoms with E-state index in [1.807, 2.05) is 39.0 Å². The van der Waals surface area contributed by atoms with Crippen molar-refractivity contribution in [3.05, 3.63) is 65.0 Å². The van der Waals surface area contributed by atoms with Gasteiger partial charge in [-0.25, -0.2) is 9.18 Å². The predicted molar refractivity (Wildman–Crippen MR) is 104 cm³/mol. The number of aliphatic carboxylic acids is 1. The number of carboxylic acid groups (broad SMARTS) is 1. The molecule has 0 saturated carbocycles. The SMILES string of the molecule is CC(C)(C)OC(=O)N1CCc2cc(C(CC(=O)O)c3ccc(F)cc3)ccc21. The highest BCUT2D eigenvalue weighted by molar-refractivity contribution is 5.90. The first kappa shape index (κ1) is 19.9. The summed E-state index contributed by atoms with van der Waals surface area (Å²) in [5.74, 6) is -1.68. The molecule has 28 heavy (non-hydrogen) atoms. The first-order valence-electron chi connectivity index (χ1n) is 9.24. The number of carbonyl (C=O) groups is 2. The molecular weight excluding hydrogens is 361 g/mol. The fraction of sp³-hybridized carbons (Fsp3) is 0.364. The van der Waals surface area contributed by atoms with Crippen molar-refractivity contribution in [1.82, 2.24) is 0 Å². The number of rotatable bonds is 4. The van der Waals surface area contributed by atoms with Crippen molar-refractivity contribution in [2.75, 3.05) is 11.4 Å². The molecule has 2 aromatic carbocycles. The van der Waals surface area contributed by atoms with Crippen LogP contribution in [0.4, 0.5) is 14.9 Å². The van der Waals surface area contributed by atoms with Crippen molar-refractivity contribution in [1.29, 1.82) is 0 Å². The van der Waals surface area contributed by atoms with Gasteiger partial charge in [0.15, 0.2) is 0 Å². The monoisotopic (exact) mass is 385 g/mol. The fourth-order valence-corrected chi connectivity index (χ4v) is 3.44. The van der Waals surface area contributed by atoms with Crippen LogP contribution in [0.3, 0.4) is 0 Å². The number of fused-ring (bicyclic) bond motifs is 1. The van der Waals surface area contributed by atoms with E-state index in [0.29, 0.717) is 13.0 Å². The zero-order valence-corrected chi connectivity index (χ0v) is 16.2. The molecule has 6 heteroatoms. The van der Waals surface area contributed by atoms with Gasteiger partial charge < -0.3 is 9.84 Å². The number of hydrogen-bond acceptors (Lipinski definition) is 3. The van der Waals surface area contributed by atoms with Gasteiger partial charge in [0, 0.05) is 12.5 Å². The molecule has 1 unspecified atom stereocenters. The lowest BCUT2D eigenvalue weighted by Crippen LogP contribution is -2.35. The van der Waals surface area contributed by atoms with Gasteiger partial charge in [-0.05, 0) is 62.1 Å². The molecule has 1 heterocycles. The number of benzene rings is 2. The number of carboxylic acids is 1. The van der Waals surface area contributed by atoms with E-state index in [9.17, 15) is 19.1 Å². The van der Waals surface area contributed by atoms with Crippen molar-refractivity contribution in [2.24, 2.45) is 0 Å². The molecule has 5 nitrogen and oxygen atoms in total. The molecule has 0 bridgehead atoms. The van der Waals surface area contributed by atoms with Crippen LogP contribution in [0.15, 0.2) is 42.5 Å². The summed E-state index contributed by atoms with van der Waals surface area (Å²) < 4.78 is 18.7. The Morgan fingerprint density at radius 1 is 1.14 bits per heavy atom. The predicted octanol–water partition coefficient (Wildman–Crippen LogP) is 4.73. The average molecular weight is 385 g/mol. The van der Waals surface area contributed by atoms with E-state index in [0.717, 1.165) is 22.4 Å². The summed E-state index contributed by atoms with van der Waals surface area (Å²) >= 11 is 0. The maximum absolute atomic E-state index is 13.3. The average Bonchev–Trinajstić information content (AvgIpc) is 3.02. The Kier molecular flexibility index (Phi) is 5.40. The molecule has 1 aliphatic heterocycles. The normalized spacial score (nSPS) is 14.5. The lowest BCUT2D eigenvalue weighted by atomic mass is 9.87. The highest BCUT2D eigenvalue weighted by atomic mass is 19.1. The van der Waals surface area contributed by atoms with Crippen LogP contribution < -0.4 is 4.90 Å². The molecule has 0 aromatic heterocycles. The molecule has 0 saturated heterocycles. The molecule has 1 aliphatic rings. The summed E-state index contributed by atoms with van der Waals surface area (Å²) in [6.45, 7) is 5.99. The van der Waals surface area contributed by atoms with E-state index < -0.39 is 11.6 Å². The standard InChI is InChI=1S/C22H24FNO4/c1-22(2,3)28-21(27)24-11-10-16-12-15(6-9-19(16)24)18(13-20(25)26)14-4-7-17(23)8-5-14/h4-9,12,18H,10-11,13H2,1-3H3,(H,25,26). The van der Waals surface area contributed by atoms with E-state index in [1.165, 1.54) is 12.1 Å². The quantitative estimate of drug-likeness (QED) is 0.826. The van der Waals surface area contributed by atoms with Crippen LogP contribution in [0.2, 0.25) is 0 Å². The Morgan fingerprint density at radius 3 is 2.39 bits per heavy atom. The molecule has 0 radical (unpaired) electrons. The lowest BCUT2D eigenvalue weighted by molar-refractivity contribution is -0.137. The van der Waals surface area contributed by atoms with E-state index in [-0.39, 0.29) is 24.2 Å². The van der Waals surface area contributed by atoms with Gasteiger partial charge >= 0.3 is 12.1 Å². The lowest BCUT2D eigenvalue weighted by Gasteiger charge is -2.25. The minimum absolute atomic E-state index is 0.0970. The molecule has 1 N–H and O–H groups in total. The van der Waals surface area contributed by atoms with Crippen molar-refractivity contribution in [3.63, 3.8) is 0 Å². The van der Waals surface area contributed by atoms with Gasteiger partial charge in [-0.3, -0.25) is 9.69 Å². The maximum Gasteiger partial charge on any atom is 0.414 e. The van der Waals surface area contributed by atoms with Crippen LogP contribution in [0.25, 0.3) is 0 Å². The second-order valence-electron chi connectivity index (χ2n) is 7.97. The summed E-state index contributed by atoms with van der Waals surface area (Å²) in [5, 5.41) is 9.33. The van der Waals surface area contributed by atoms with Crippen LogP contribution >= 0.6 is 0 Å². The summed E-state index contributed by atoms with van der Waals surface area (Å²) in [4.78, 5) is 25.4. The molecule has 3 rings (SSSR count).